The molecule has 0 saturated carbocycles. The van der Waals surface area contributed by atoms with E-state index >= 15 is 0 Å². The minimum Gasteiger partial charge on any atom is -0.452 e. The van der Waals surface area contributed by atoms with Gasteiger partial charge in [-0.1, -0.05) is 12.1 Å². The average Bonchev–Trinajstić information content (AvgIpc) is 2.44. The van der Waals surface area contributed by atoms with Crippen LogP contribution in [-0.2, 0) is 20.9 Å². The molecule has 0 saturated heterocycles. The van der Waals surface area contributed by atoms with E-state index in [1.54, 1.807) is 30.2 Å². The molecule has 0 N–H and O–H groups in total. The number of carbonyl (C=O) groups excluding carboxylic acids is 2. The smallest absolute Gasteiger partial charge is 0.338 e. The van der Waals surface area contributed by atoms with Crippen molar-refractivity contribution in [2.24, 2.45) is 0 Å². The molecule has 0 aromatic heterocycles. The van der Waals surface area contributed by atoms with E-state index in [1.165, 1.54) is 0 Å². The number of nitrogens with zero attached hydrogens (tertiary/aromatic N) is 1. The fourth-order valence-electron chi connectivity index (χ4n) is 2.41. The first-order chi connectivity index (χ1) is 10.4. The van der Waals surface area contributed by atoms with Crippen LogP contribution in [0.2, 0.25) is 0 Å². The van der Waals surface area contributed by atoms with Crippen molar-refractivity contribution in [3.8, 4) is 0 Å². The van der Waals surface area contributed by atoms with Gasteiger partial charge in [0.1, 0.15) is 0 Å². The molecule has 1 rings (SSSR count). The van der Waals surface area contributed by atoms with E-state index in [0.717, 1.165) is 5.56 Å². The van der Waals surface area contributed by atoms with E-state index in [9.17, 15) is 9.59 Å². The van der Waals surface area contributed by atoms with Crippen molar-refractivity contribution in [2.75, 3.05) is 13.7 Å². The Morgan fingerprint density at radius 3 is 2.32 bits per heavy atom. The molecule has 1 aromatic rings. The number of rotatable bonds is 7. The number of benzene rings is 1. The van der Waals surface area contributed by atoms with E-state index in [4.69, 9.17) is 9.47 Å². The molecule has 1 amide bonds. The van der Waals surface area contributed by atoms with Crippen molar-refractivity contribution >= 4 is 11.9 Å². The Morgan fingerprint density at radius 2 is 1.77 bits per heavy atom. The lowest BCUT2D eigenvalue weighted by atomic mass is 10.1. The molecule has 122 valence electrons. The molecule has 0 unspecified atom stereocenters. The molecule has 0 atom stereocenters. The lowest BCUT2D eigenvalue weighted by Crippen LogP contribution is -2.44. The molecule has 1 aromatic carbocycles. The van der Waals surface area contributed by atoms with Crippen LogP contribution >= 0.6 is 0 Å². The Bertz CT molecular complexity index is 503. The van der Waals surface area contributed by atoms with Crippen LogP contribution in [0.4, 0.5) is 0 Å². The topological polar surface area (TPSA) is 55.8 Å². The van der Waals surface area contributed by atoms with E-state index in [-0.39, 0.29) is 24.6 Å². The number of esters is 1. The van der Waals surface area contributed by atoms with Gasteiger partial charge < -0.3 is 14.4 Å². The molecule has 0 heterocycles. The molecule has 0 aliphatic rings. The van der Waals surface area contributed by atoms with Gasteiger partial charge in [0.25, 0.3) is 5.91 Å². The summed E-state index contributed by atoms with van der Waals surface area (Å²) in [6.45, 7) is 7.93. The molecule has 0 bridgehead atoms. The zero-order valence-electron chi connectivity index (χ0n) is 14.0. The zero-order chi connectivity index (χ0) is 16.7. The van der Waals surface area contributed by atoms with Gasteiger partial charge >= 0.3 is 5.97 Å². The third-order valence-electron chi connectivity index (χ3n) is 3.20. The molecule has 22 heavy (non-hydrogen) atoms. The maximum Gasteiger partial charge on any atom is 0.338 e. The van der Waals surface area contributed by atoms with E-state index in [2.05, 4.69) is 0 Å². The molecule has 5 heteroatoms. The zero-order valence-corrected chi connectivity index (χ0v) is 14.0. The number of hydrogen-bond acceptors (Lipinski definition) is 4. The van der Waals surface area contributed by atoms with Gasteiger partial charge in [-0.2, -0.15) is 0 Å². The minimum atomic E-state index is -0.501. The summed E-state index contributed by atoms with van der Waals surface area (Å²) >= 11 is 0. The quantitative estimate of drug-likeness (QED) is 0.727. The Balaban J connectivity index is 2.65. The van der Waals surface area contributed by atoms with Gasteiger partial charge in [-0.25, -0.2) is 4.79 Å². The number of methoxy groups -OCH3 is 1. The van der Waals surface area contributed by atoms with Crippen LogP contribution in [0.15, 0.2) is 24.3 Å². The van der Waals surface area contributed by atoms with Crippen molar-refractivity contribution in [1.29, 1.82) is 0 Å². The summed E-state index contributed by atoms with van der Waals surface area (Å²) in [5.74, 6) is -0.690. The van der Waals surface area contributed by atoms with Crippen LogP contribution in [0.5, 0.6) is 0 Å². The number of amides is 1. The van der Waals surface area contributed by atoms with Crippen LogP contribution in [0.1, 0.15) is 43.6 Å². The van der Waals surface area contributed by atoms with Gasteiger partial charge in [-0.15, -0.1) is 0 Å². The van der Waals surface area contributed by atoms with Gasteiger partial charge in [0, 0.05) is 19.2 Å². The highest BCUT2D eigenvalue weighted by Gasteiger charge is 2.21. The second-order valence-corrected chi connectivity index (χ2v) is 5.70. The molecule has 0 spiro atoms. The normalized spacial score (nSPS) is 10.9. The van der Waals surface area contributed by atoms with Crippen LogP contribution in [0.3, 0.4) is 0 Å². The van der Waals surface area contributed by atoms with Crippen LogP contribution in [0, 0.1) is 0 Å². The standard InChI is InChI=1S/C17H25NO4/c1-12(2)18(13(3)4)16(19)11-22-17(20)15-8-6-7-14(9-15)10-21-5/h6-9,12-13H,10-11H2,1-5H3. The van der Waals surface area contributed by atoms with Crippen molar-refractivity contribution in [1.82, 2.24) is 4.90 Å². The van der Waals surface area contributed by atoms with Crippen LogP contribution < -0.4 is 0 Å². The van der Waals surface area contributed by atoms with E-state index in [0.29, 0.717) is 12.2 Å². The fraction of sp³-hybridized carbons (Fsp3) is 0.529. The number of hydrogen-bond donors (Lipinski definition) is 0. The average molecular weight is 307 g/mol. The summed E-state index contributed by atoms with van der Waals surface area (Å²) in [4.78, 5) is 25.9. The van der Waals surface area contributed by atoms with Crippen molar-refractivity contribution < 1.29 is 19.1 Å². The maximum absolute atomic E-state index is 12.2. The molecule has 5 nitrogen and oxygen atoms in total. The largest absolute Gasteiger partial charge is 0.452 e. The first-order valence-electron chi connectivity index (χ1n) is 7.43. The summed E-state index contributed by atoms with van der Waals surface area (Å²) in [6.07, 6.45) is 0. The van der Waals surface area contributed by atoms with E-state index < -0.39 is 5.97 Å². The van der Waals surface area contributed by atoms with Crippen molar-refractivity contribution in [2.45, 2.75) is 46.4 Å². The van der Waals surface area contributed by atoms with Gasteiger partial charge in [0.05, 0.1) is 12.2 Å². The lowest BCUT2D eigenvalue weighted by Gasteiger charge is -2.30. The first-order valence-corrected chi connectivity index (χ1v) is 7.43. The SMILES string of the molecule is COCc1cccc(C(=O)OCC(=O)N(C(C)C)C(C)C)c1. The third-order valence-corrected chi connectivity index (χ3v) is 3.20. The third kappa shape index (κ3) is 5.15. The molecule has 0 radical (unpaired) electrons. The minimum absolute atomic E-state index is 0.0660. The predicted octanol–water partition coefficient (Wildman–Crippen LogP) is 2.64. The summed E-state index contributed by atoms with van der Waals surface area (Å²) in [7, 11) is 1.59. The summed E-state index contributed by atoms with van der Waals surface area (Å²) in [5, 5.41) is 0. The molecular formula is C17H25NO4. The maximum atomic E-state index is 12.2. The van der Waals surface area contributed by atoms with Gasteiger partial charge in [0.15, 0.2) is 6.61 Å². The number of ether oxygens (including phenoxy) is 2. The predicted molar refractivity (Wildman–Crippen MR) is 84.6 cm³/mol. The van der Waals surface area contributed by atoms with Crippen LogP contribution in [0.25, 0.3) is 0 Å². The summed E-state index contributed by atoms with van der Waals surface area (Å²) in [5.41, 5.74) is 1.30. The molecule has 0 fully saturated rings. The Morgan fingerprint density at radius 1 is 1.14 bits per heavy atom. The highest BCUT2D eigenvalue weighted by atomic mass is 16.5. The van der Waals surface area contributed by atoms with E-state index in [1.807, 2.05) is 33.8 Å². The van der Waals surface area contributed by atoms with Gasteiger partial charge in [-0.3, -0.25) is 4.79 Å². The lowest BCUT2D eigenvalue weighted by molar-refractivity contribution is -0.138. The summed E-state index contributed by atoms with van der Waals surface area (Å²) in [6, 6.07) is 7.13. The van der Waals surface area contributed by atoms with Gasteiger partial charge in [0.2, 0.25) is 0 Å². The number of carbonyl (C=O) groups is 2. The summed E-state index contributed by atoms with van der Waals surface area (Å²) < 4.78 is 10.2. The monoisotopic (exact) mass is 307 g/mol. The van der Waals surface area contributed by atoms with Crippen molar-refractivity contribution in [3.05, 3.63) is 35.4 Å². The molecular weight excluding hydrogens is 282 g/mol. The fourth-order valence-corrected chi connectivity index (χ4v) is 2.41. The highest BCUT2D eigenvalue weighted by Crippen LogP contribution is 2.09. The highest BCUT2D eigenvalue weighted by molar-refractivity contribution is 5.91. The molecule has 0 aliphatic heterocycles. The van der Waals surface area contributed by atoms with Crippen LogP contribution in [-0.4, -0.2) is 42.6 Å². The second-order valence-electron chi connectivity index (χ2n) is 5.70. The first kappa shape index (κ1) is 18.2. The molecule has 0 aliphatic carbocycles. The second kappa shape index (κ2) is 8.54. The van der Waals surface area contributed by atoms with Crippen molar-refractivity contribution in [3.63, 3.8) is 0 Å². The Labute approximate surface area is 132 Å². The Kier molecular flexibility index (Phi) is 7.05. The van der Waals surface area contributed by atoms with Gasteiger partial charge in [-0.05, 0) is 45.4 Å². The Hall–Kier alpha value is -1.88.